The van der Waals surface area contributed by atoms with Crippen molar-refractivity contribution in [3.05, 3.63) is 29.6 Å². The van der Waals surface area contributed by atoms with Crippen LogP contribution in [-0.2, 0) is 9.53 Å². The third kappa shape index (κ3) is 3.39. The van der Waals surface area contributed by atoms with Crippen molar-refractivity contribution in [1.29, 1.82) is 0 Å². The summed E-state index contributed by atoms with van der Waals surface area (Å²) in [6, 6.07) is 3.53. The van der Waals surface area contributed by atoms with Crippen LogP contribution >= 0.6 is 0 Å². The van der Waals surface area contributed by atoms with E-state index < -0.39 is 11.4 Å². The largest absolute Gasteiger partial charge is 0.381 e. The Labute approximate surface area is 124 Å². The summed E-state index contributed by atoms with van der Waals surface area (Å²) < 4.78 is 5.23. The van der Waals surface area contributed by atoms with E-state index >= 15 is 0 Å². The van der Waals surface area contributed by atoms with Gasteiger partial charge in [-0.2, -0.15) is 0 Å². The summed E-state index contributed by atoms with van der Waals surface area (Å²) in [5, 5.41) is 2.74. The molecular weight excluding hydrogens is 270 g/mol. The number of hydrogen-bond donors (Lipinski definition) is 2. The van der Waals surface area contributed by atoms with E-state index in [1.165, 1.54) is 0 Å². The quantitative estimate of drug-likeness (QED) is 0.864. The minimum atomic E-state index is -1.03. The fourth-order valence-electron chi connectivity index (χ4n) is 2.32. The van der Waals surface area contributed by atoms with Crippen LogP contribution in [0.2, 0.25) is 0 Å². The topological polar surface area (TPSA) is 94.3 Å². The Bertz CT molecular complexity index is 519. The molecule has 0 unspecified atom stereocenters. The average Bonchev–Trinajstić information content (AvgIpc) is 2.48. The van der Waals surface area contributed by atoms with Gasteiger partial charge in [-0.15, -0.1) is 0 Å². The van der Waals surface area contributed by atoms with Crippen LogP contribution in [0.25, 0.3) is 0 Å². The molecule has 0 aromatic carbocycles. The second-order valence-corrected chi connectivity index (χ2v) is 5.64. The molecule has 2 heterocycles. The van der Waals surface area contributed by atoms with Gasteiger partial charge in [0.25, 0.3) is 5.91 Å². The molecule has 0 aliphatic carbocycles. The Morgan fingerprint density at radius 1 is 1.33 bits per heavy atom. The summed E-state index contributed by atoms with van der Waals surface area (Å²) in [6.07, 6.45) is 2.46. The molecule has 6 heteroatoms. The maximum atomic E-state index is 12.3. The Morgan fingerprint density at radius 2 is 2.00 bits per heavy atom. The molecule has 0 saturated carbocycles. The lowest BCUT2D eigenvalue weighted by Gasteiger charge is -2.34. The van der Waals surface area contributed by atoms with E-state index in [1.54, 1.807) is 12.3 Å². The van der Waals surface area contributed by atoms with Gasteiger partial charge < -0.3 is 15.8 Å². The molecule has 1 aromatic rings. The molecule has 2 amide bonds. The van der Waals surface area contributed by atoms with Crippen molar-refractivity contribution in [3.63, 3.8) is 0 Å². The molecule has 1 fully saturated rings. The highest BCUT2D eigenvalue weighted by Gasteiger charge is 2.40. The number of primary amides is 1. The smallest absolute Gasteiger partial charge is 0.270 e. The fraction of sp³-hybridized carbons (Fsp3) is 0.533. The van der Waals surface area contributed by atoms with Crippen molar-refractivity contribution in [1.82, 2.24) is 10.3 Å². The number of pyridine rings is 1. The number of ether oxygens (including phenoxy) is 1. The minimum Gasteiger partial charge on any atom is -0.381 e. The van der Waals surface area contributed by atoms with Gasteiger partial charge in [0.2, 0.25) is 5.91 Å². The van der Waals surface area contributed by atoms with Gasteiger partial charge in [0.05, 0.1) is 0 Å². The van der Waals surface area contributed by atoms with Gasteiger partial charge >= 0.3 is 0 Å². The molecule has 3 N–H and O–H groups in total. The molecule has 0 bridgehead atoms. The van der Waals surface area contributed by atoms with Crippen molar-refractivity contribution < 1.29 is 14.3 Å². The van der Waals surface area contributed by atoms with Crippen molar-refractivity contribution in [2.45, 2.75) is 38.1 Å². The van der Waals surface area contributed by atoms with E-state index in [-0.39, 0.29) is 11.6 Å². The highest BCUT2D eigenvalue weighted by atomic mass is 16.5. The number of nitrogens with one attached hydrogen (secondary N) is 1. The number of aromatic nitrogens is 1. The van der Waals surface area contributed by atoms with E-state index in [1.807, 2.05) is 6.07 Å². The monoisotopic (exact) mass is 291 g/mol. The first-order chi connectivity index (χ1) is 9.94. The molecule has 21 heavy (non-hydrogen) atoms. The molecule has 1 aliphatic rings. The first-order valence-corrected chi connectivity index (χ1v) is 7.11. The first kappa shape index (κ1) is 15.4. The summed E-state index contributed by atoms with van der Waals surface area (Å²) in [6.45, 7) is 4.92. The third-order valence-electron chi connectivity index (χ3n) is 3.86. The lowest BCUT2D eigenvalue weighted by atomic mass is 9.89. The van der Waals surface area contributed by atoms with Gasteiger partial charge in [0.15, 0.2) is 0 Å². The maximum absolute atomic E-state index is 12.3. The minimum absolute atomic E-state index is 0.284. The van der Waals surface area contributed by atoms with Crippen molar-refractivity contribution in [3.8, 4) is 0 Å². The highest BCUT2D eigenvalue weighted by molar-refractivity contribution is 5.97. The van der Waals surface area contributed by atoms with Crippen LogP contribution in [0.15, 0.2) is 18.3 Å². The molecule has 0 atom stereocenters. The Hall–Kier alpha value is -1.95. The normalized spacial score (nSPS) is 17.5. The zero-order valence-corrected chi connectivity index (χ0v) is 12.4. The Balaban J connectivity index is 2.13. The summed E-state index contributed by atoms with van der Waals surface area (Å²) in [4.78, 5) is 28.2. The van der Waals surface area contributed by atoms with Gasteiger partial charge in [-0.1, -0.05) is 19.9 Å². The molecular formula is C15H21N3O3. The zero-order chi connectivity index (χ0) is 15.5. The number of rotatable bonds is 4. The predicted molar refractivity (Wildman–Crippen MR) is 77.8 cm³/mol. The summed E-state index contributed by atoms with van der Waals surface area (Å²) >= 11 is 0. The van der Waals surface area contributed by atoms with Gasteiger partial charge in [0, 0.05) is 32.3 Å². The lowest BCUT2D eigenvalue weighted by Crippen LogP contribution is -2.60. The highest BCUT2D eigenvalue weighted by Crippen LogP contribution is 2.21. The molecule has 6 nitrogen and oxygen atoms in total. The van der Waals surface area contributed by atoms with E-state index in [0.717, 1.165) is 5.56 Å². The third-order valence-corrected chi connectivity index (χ3v) is 3.86. The number of carbonyl (C=O) groups excluding carboxylic acids is 2. The Morgan fingerprint density at radius 3 is 2.48 bits per heavy atom. The van der Waals surface area contributed by atoms with Crippen molar-refractivity contribution in [2.24, 2.45) is 5.73 Å². The summed E-state index contributed by atoms with van der Waals surface area (Å²) in [5.41, 5.74) is 5.77. The van der Waals surface area contributed by atoms with Gasteiger partial charge in [-0.25, -0.2) is 0 Å². The van der Waals surface area contributed by atoms with E-state index in [0.29, 0.717) is 32.0 Å². The van der Waals surface area contributed by atoms with E-state index in [2.05, 4.69) is 24.1 Å². The summed E-state index contributed by atoms with van der Waals surface area (Å²) in [7, 11) is 0. The van der Waals surface area contributed by atoms with Crippen LogP contribution in [0.4, 0.5) is 0 Å². The molecule has 0 radical (unpaired) electrons. The van der Waals surface area contributed by atoms with Crippen LogP contribution in [0.3, 0.4) is 0 Å². The van der Waals surface area contributed by atoms with E-state index in [9.17, 15) is 9.59 Å². The fourth-order valence-corrected chi connectivity index (χ4v) is 2.32. The van der Waals surface area contributed by atoms with Crippen LogP contribution in [-0.4, -0.2) is 35.6 Å². The lowest BCUT2D eigenvalue weighted by molar-refractivity contribution is -0.127. The molecule has 2 rings (SSSR count). The van der Waals surface area contributed by atoms with Crippen LogP contribution in [0.5, 0.6) is 0 Å². The van der Waals surface area contributed by atoms with Crippen LogP contribution in [0.1, 0.15) is 48.7 Å². The molecule has 1 aliphatic heterocycles. The number of nitrogens with two attached hydrogens (primary N) is 1. The average molecular weight is 291 g/mol. The number of nitrogens with zero attached hydrogens (tertiary/aromatic N) is 1. The van der Waals surface area contributed by atoms with Crippen LogP contribution < -0.4 is 11.1 Å². The number of amides is 2. The predicted octanol–water partition coefficient (Wildman–Crippen LogP) is 0.969. The van der Waals surface area contributed by atoms with Gasteiger partial charge in [0.1, 0.15) is 11.2 Å². The van der Waals surface area contributed by atoms with Crippen molar-refractivity contribution >= 4 is 11.8 Å². The number of hydrogen-bond acceptors (Lipinski definition) is 4. The van der Waals surface area contributed by atoms with E-state index in [4.69, 9.17) is 10.5 Å². The molecule has 1 aromatic heterocycles. The number of carbonyl (C=O) groups is 2. The SMILES string of the molecule is CC(C)c1ccc(C(=O)NC2(C(N)=O)CCOCC2)nc1. The standard InChI is InChI=1S/C15H21N3O3/c1-10(2)11-3-4-12(17-9-11)13(19)18-15(14(16)20)5-7-21-8-6-15/h3-4,9-10H,5-8H2,1-2H3,(H2,16,20)(H,18,19). The van der Waals surface area contributed by atoms with Gasteiger partial charge in [-0.05, 0) is 17.5 Å². The van der Waals surface area contributed by atoms with Crippen molar-refractivity contribution in [2.75, 3.05) is 13.2 Å². The summed E-state index contributed by atoms with van der Waals surface area (Å²) in [5.74, 6) is -0.564. The molecule has 114 valence electrons. The maximum Gasteiger partial charge on any atom is 0.270 e. The molecule has 0 spiro atoms. The zero-order valence-electron chi connectivity index (χ0n) is 12.4. The van der Waals surface area contributed by atoms with Gasteiger partial charge in [-0.3, -0.25) is 14.6 Å². The van der Waals surface area contributed by atoms with Crippen LogP contribution in [0, 0.1) is 0 Å². The second kappa shape index (κ2) is 6.22. The molecule has 1 saturated heterocycles. The Kier molecular flexibility index (Phi) is 4.57. The first-order valence-electron chi connectivity index (χ1n) is 7.11. The second-order valence-electron chi connectivity index (χ2n) is 5.64.